The summed E-state index contributed by atoms with van der Waals surface area (Å²) < 4.78 is 2.04. The molecule has 0 saturated heterocycles. The van der Waals surface area contributed by atoms with Crippen molar-refractivity contribution in [2.45, 2.75) is 0 Å². The number of hydrogen-bond donors (Lipinski definition) is 0. The zero-order valence-corrected chi connectivity index (χ0v) is 12.9. The zero-order valence-electron chi connectivity index (χ0n) is 8.95. The molecule has 0 aliphatic rings. The van der Waals surface area contributed by atoms with Crippen LogP contribution in [0.3, 0.4) is 0 Å². The van der Waals surface area contributed by atoms with Gasteiger partial charge in [0, 0.05) is 10.0 Å². The topological polar surface area (TPSA) is 12.9 Å². The van der Waals surface area contributed by atoms with E-state index >= 15 is 0 Å². The molecule has 0 spiro atoms. The molecule has 0 N–H and O–H groups in total. The number of hydrogen-bond acceptors (Lipinski definition) is 2. The summed E-state index contributed by atoms with van der Waals surface area (Å²) in [6.45, 7) is 0. The molecule has 2 aromatic carbocycles. The zero-order chi connectivity index (χ0) is 12.7. The van der Waals surface area contributed by atoms with E-state index in [9.17, 15) is 0 Å². The van der Waals surface area contributed by atoms with Gasteiger partial charge in [-0.3, -0.25) is 0 Å². The quantitative estimate of drug-likeness (QED) is 0.517. The third-order valence-electron chi connectivity index (χ3n) is 2.53. The van der Waals surface area contributed by atoms with Crippen molar-refractivity contribution in [1.82, 2.24) is 4.98 Å². The van der Waals surface area contributed by atoms with Gasteiger partial charge in [-0.15, -0.1) is 11.3 Å². The maximum atomic E-state index is 6.21. The van der Waals surface area contributed by atoms with Crippen molar-refractivity contribution in [2.24, 2.45) is 0 Å². The van der Waals surface area contributed by atoms with E-state index in [2.05, 4.69) is 20.9 Å². The van der Waals surface area contributed by atoms with Crippen LogP contribution in [-0.4, -0.2) is 4.98 Å². The van der Waals surface area contributed by atoms with Crippen LogP contribution in [0.4, 0.5) is 0 Å². The molecule has 90 valence electrons. The summed E-state index contributed by atoms with van der Waals surface area (Å²) in [5, 5.41) is 2.24. The fourth-order valence-electron chi connectivity index (χ4n) is 1.69. The first-order chi connectivity index (χ1) is 8.65. The van der Waals surface area contributed by atoms with E-state index in [4.69, 9.17) is 23.2 Å². The first-order valence-electron chi connectivity index (χ1n) is 5.15. The van der Waals surface area contributed by atoms with E-state index in [1.807, 2.05) is 36.4 Å². The van der Waals surface area contributed by atoms with Gasteiger partial charge in [0.2, 0.25) is 0 Å². The van der Waals surface area contributed by atoms with Gasteiger partial charge in [-0.1, -0.05) is 45.2 Å². The van der Waals surface area contributed by atoms with Crippen LogP contribution in [0.1, 0.15) is 0 Å². The number of rotatable bonds is 1. The SMILES string of the molecule is Clc1ccc(Br)cc1-c1nc2c(Cl)cccc2s1. The summed E-state index contributed by atoms with van der Waals surface area (Å²) in [4.78, 5) is 4.57. The molecule has 3 rings (SSSR count). The van der Waals surface area contributed by atoms with Crippen molar-refractivity contribution < 1.29 is 0 Å². The van der Waals surface area contributed by atoms with Crippen LogP contribution >= 0.6 is 50.5 Å². The number of para-hydroxylation sites is 1. The number of nitrogens with zero attached hydrogens (tertiary/aromatic N) is 1. The standard InChI is InChI=1S/C13H6BrCl2NS/c14-7-4-5-9(15)8(6-7)13-17-12-10(16)2-1-3-11(12)18-13/h1-6H. The maximum absolute atomic E-state index is 6.21. The summed E-state index contributed by atoms with van der Waals surface area (Å²) >= 11 is 17.4. The molecule has 3 aromatic rings. The molecule has 5 heteroatoms. The van der Waals surface area contributed by atoms with Crippen LogP contribution in [0, 0.1) is 0 Å². The summed E-state index contributed by atoms with van der Waals surface area (Å²) in [7, 11) is 0. The van der Waals surface area contributed by atoms with Gasteiger partial charge < -0.3 is 0 Å². The lowest BCUT2D eigenvalue weighted by Gasteiger charge is -2.00. The van der Waals surface area contributed by atoms with Crippen molar-refractivity contribution in [3.8, 4) is 10.6 Å². The van der Waals surface area contributed by atoms with Crippen molar-refractivity contribution in [2.75, 3.05) is 0 Å². The number of fused-ring (bicyclic) bond motifs is 1. The lowest BCUT2D eigenvalue weighted by Crippen LogP contribution is -1.78. The highest BCUT2D eigenvalue weighted by atomic mass is 79.9. The number of benzene rings is 2. The molecule has 0 fully saturated rings. The van der Waals surface area contributed by atoms with E-state index in [0.717, 1.165) is 25.3 Å². The second-order valence-electron chi connectivity index (χ2n) is 3.73. The molecular formula is C13H6BrCl2NS. The Morgan fingerprint density at radius 1 is 1.06 bits per heavy atom. The van der Waals surface area contributed by atoms with Crippen molar-refractivity contribution in [3.63, 3.8) is 0 Å². The van der Waals surface area contributed by atoms with Crippen LogP contribution in [0.2, 0.25) is 10.0 Å². The Bertz CT molecular complexity index is 739. The lowest BCUT2D eigenvalue weighted by atomic mass is 10.2. The maximum Gasteiger partial charge on any atom is 0.126 e. The van der Waals surface area contributed by atoms with Gasteiger partial charge in [0.05, 0.1) is 14.7 Å². The van der Waals surface area contributed by atoms with Crippen molar-refractivity contribution in [1.29, 1.82) is 0 Å². The summed E-state index contributed by atoms with van der Waals surface area (Å²) in [5.41, 5.74) is 1.75. The first kappa shape index (κ1) is 12.4. The fraction of sp³-hybridized carbons (Fsp3) is 0. The van der Waals surface area contributed by atoms with Gasteiger partial charge in [-0.2, -0.15) is 0 Å². The Morgan fingerprint density at radius 3 is 2.67 bits per heavy atom. The van der Waals surface area contributed by atoms with Gasteiger partial charge in [0.1, 0.15) is 10.5 Å². The van der Waals surface area contributed by atoms with E-state index < -0.39 is 0 Å². The highest BCUT2D eigenvalue weighted by Crippen LogP contribution is 2.37. The Hall–Kier alpha value is -0.610. The van der Waals surface area contributed by atoms with Crippen LogP contribution in [-0.2, 0) is 0 Å². The third-order valence-corrected chi connectivity index (χ3v) is 4.71. The van der Waals surface area contributed by atoms with Gasteiger partial charge in [0.25, 0.3) is 0 Å². The van der Waals surface area contributed by atoms with Gasteiger partial charge in [0.15, 0.2) is 0 Å². The average Bonchev–Trinajstić information content (AvgIpc) is 2.77. The minimum absolute atomic E-state index is 0.668. The molecule has 1 nitrogen and oxygen atoms in total. The summed E-state index contributed by atoms with van der Waals surface area (Å²) in [5.74, 6) is 0. The minimum atomic E-state index is 0.668. The second kappa shape index (κ2) is 4.82. The fourth-order valence-corrected chi connectivity index (χ4v) is 3.61. The monoisotopic (exact) mass is 357 g/mol. The van der Waals surface area contributed by atoms with E-state index in [1.54, 1.807) is 11.3 Å². The molecule has 18 heavy (non-hydrogen) atoms. The summed E-state index contributed by atoms with van der Waals surface area (Å²) in [6, 6.07) is 11.5. The van der Waals surface area contributed by atoms with Gasteiger partial charge >= 0.3 is 0 Å². The molecule has 0 aliphatic heterocycles. The van der Waals surface area contributed by atoms with Crippen LogP contribution in [0.15, 0.2) is 40.9 Å². The predicted molar refractivity (Wildman–Crippen MR) is 82.8 cm³/mol. The predicted octanol–water partition coefficient (Wildman–Crippen LogP) is 6.03. The summed E-state index contributed by atoms with van der Waals surface area (Å²) in [6.07, 6.45) is 0. The Balaban J connectivity index is 2.26. The molecule has 1 aromatic heterocycles. The van der Waals surface area contributed by atoms with Crippen LogP contribution in [0.5, 0.6) is 0 Å². The Labute approximate surface area is 127 Å². The average molecular weight is 359 g/mol. The van der Waals surface area contributed by atoms with Crippen LogP contribution < -0.4 is 0 Å². The van der Waals surface area contributed by atoms with Gasteiger partial charge in [-0.05, 0) is 30.3 Å². The van der Waals surface area contributed by atoms with Gasteiger partial charge in [-0.25, -0.2) is 4.98 Å². The van der Waals surface area contributed by atoms with E-state index in [0.29, 0.717) is 10.0 Å². The lowest BCUT2D eigenvalue weighted by molar-refractivity contribution is 1.47. The molecule has 0 atom stereocenters. The number of aromatic nitrogens is 1. The normalized spacial score (nSPS) is 11.1. The molecule has 0 radical (unpaired) electrons. The van der Waals surface area contributed by atoms with E-state index in [1.165, 1.54) is 0 Å². The molecule has 0 aliphatic carbocycles. The minimum Gasteiger partial charge on any atom is -0.234 e. The Morgan fingerprint density at radius 2 is 1.89 bits per heavy atom. The third kappa shape index (κ3) is 2.16. The van der Waals surface area contributed by atoms with Crippen molar-refractivity contribution in [3.05, 3.63) is 50.9 Å². The Kier molecular flexibility index (Phi) is 3.32. The van der Waals surface area contributed by atoms with Crippen molar-refractivity contribution >= 4 is 60.7 Å². The second-order valence-corrected chi connectivity index (χ2v) is 6.49. The molecule has 0 amide bonds. The molecule has 0 unspecified atom stereocenters. The van der Waals surface area contributed by atoms with E-state index in [-0.39, 0.29) is 0 Å². The molecule has 0 saturated carbocycles. The molecular weight excluding hydrogens is 353 g/mol. The number of halogens is 3. The molecule has 0 bridgehead atoms. The smallest absolute Gasteiger partial charge is 0.126 e. The molecule has 1 heterocycles. The first-order valence-corrected chi connectivity index (χ1v) is 7.52. The highest BCUT2D eigenvalue weighted by Gasteiger charge is 2.11. The van der Waals surface area contributed by atoms with Crippen LogP contribution in [0.25, 0.3) is 20.8 Å². The number of thiazole rings is 1. The highest BCUT2D eigenvalue weighted by molar-refractivity contribution is 9.10. The largest absolute Gasteiger partial charge is 0.234 e.